The zero-order chi connectivity index (χ0) is 14.2. The number of benzene rings is 2. The number of nitriles is 2. The summed E-state index contributed by atoms with van der Waals surface area (Å²) in [6, 6.07) is 18.4. The van der Waals surface area contributed by atoms with Crippen LogP contribution in [0.25, 0.3) is 0 Å². The predicted molar refractivity (Wildman–Crippen MR) is 76.3 cm³/mol. The molecule has 0 aliphatic rings. The molecule has 0 radical (unpaired) electrons. The molecular formula is C16H13N3O. The van der Waals surface area contributed by atoms with Crippen molar-refractivity contribution in [2.75, 3.05) is 18.5 Å². The van der Waals surface area contributed by atoms with Crippen molar-refractivity contribution in [3.05, 3.63) is 59.7 Å². The van der Waals surface area contributed by atoms with Gasteiger partial charge >= 0.3 is 0 Å². The van der Waals surface area contributed by atoms with Gasteiger partial charge in [-0.3, -0.25) is 0 Å². The molecule has 1 N–H and O–H groups in total. The fourth-order valence-electron chi connectivity index (χ4n) is 1.69. The van der Waals surface area contributed by atoms with Crippen LogP contribution in [0.15, 0.2) is 48.5 Å². The Morgan fingerprint density at radius 2 is 1.70 bits per heavy atom. The van der Waals surface area contributed by atoms with Crippen LogP contribution in [-0.4, -0.2) is 13.2 Å². The fourth-order valence-corrected chi connectivity index (χ4v) is 1.69. The largest absolute Gasteiger partial charge is 0.492 e. The van der Waals surface area contributed by atoms with Gasteiger partial charge < -0.3 is 10.1 Å². The molecule has 0 unspecified atom stereocenters. The van der Waals surface area contributed by atoms with E-state index in [0.717, 1.165) is 11.4 Å². The first-order valence-corrected chi connectivity index (χ1v) is 6.19. The molecule has 0 spiro atoms. The Morgan fingerprint density at radius 3 is 2.40 bits per heavy atom. The summed E-state index contributed by atoms with van der Waals surface area (Å²) in [5.41, 5.74) is 2.14. The number of nitrogens with one attached hydrogen (secondary N) is 1. The van der Waals surface area contributed by atoms with Gasteiger partial charge in [0.05, 0.1) is 23.3 Å². The fraction of sp³-hybridized carbons (Fsp3) is 0.125. The second kappa shape index (κ2) is 6.82. The number of nitrogens with zero attached hydrogens (tertiary/aromatic N) is 2. The standard InChI is InChI=1S/C16H13N3O/c17-11-13-4-6-16(7-5-13)20-9-8-19-15-3-1-2-14(10-15)12-18/h1-7,10,19H,8-9H2. The molecule has 0 atom stereocenters. The first-order chi connectivity index (χ1) is 9.81. The normalized spacial score (nSPS) is 9.30. The summed E-state index contributed by atoms with van der Waals surface area (Å²) in [6.45, 7) is 1.14. The molecule has 98 valence electrons. The van der Waals surface area contributed by atoms with Crippen LogP contribution >= 0.6 is 0 Å². The second-order valence-electron chi connectivity index (χ2n) is 4.10. The number of hydrogen-bond acceptors (Lipinski definition) is 4. The summed E-state index contributed by atoms with van der Waals surface area (Å²) in [5.74, 6) is 0.733. The van der Waals surface area contributed by atoms with E-state index < -0.39 is 0 Å². The molecule has 0 amide bonds. The molecule has 0 aliphatic heterocycles. The summed E-state index contributed by atoms with van der Waals surface area (Å²) in [6.07, 6.45) is 0. The van der Waals surface area contributed by atoms with E-state index in [4.69, 9.17) is 15.3 Å². The smallest absolute Gasteiger partial charge is 0.119 e. The van der Waals surface area contributed by atoms with Crippen LogP contribution in [0.2, 0.25) is 0 Å². The Balaban J connectivity index is 1.78. The van der Waals surface area contributed by atoms with Gasteiger partial charge in [-0.05, 0) is 42.5 Å². The van der Waals surface area contributed by atoms with Gasteiger partial charge in [-0.25, -0.2) is 0 Å². The molecule has 20 heavy (non-hydrogen) atoms. The number of hydrogen-bond donors (Lipinski definition) is 1. The highest BCUT2D eigenvalue weighted by Gasteiger charge is 1.96. The third kappa shape index (κ3) is 3.76. The van der Waals surface area contributed by atoms with Gasteiger partial charge in [-0.2, -0.15) is 10.5 Å². The molecule has 0 aliphatic carbocycles. The van der Waals surface area contributed by atoms with E-state index >= 15 is 0 Å². The molecule has 0 bridgehead atoms. The minimum Gasteiger partial charge on any atom is -0.492 e. The second-order valence-corrected chi connectivity index (χ2v) is 4.10. The Bertz CT molecular complexity index is 651. The van der Waals surface area contributed by atoms with Gasteiger partial charge in [0.15, 0.2) is 0 Å². The Labute approximate surface area is 117 Å². The van der Waals surface area contributed by atoms with Crippen molar-refractivity contribution in [2.24, 2.45) is 0 Å². The zero-order valence-corrected chi connectivity index (χ0v) is 10.8. The van der Waals surface area contributed by atoms with Crippen molar-refractivity contribution in [3.8, 4) is 17.9 Å². The first kappa shape index (κ1) is 13.5. The Hall–Kier alpha value is -2.98. The average Bonchev–Trinajstić information content (AvgIpc) is 2.52. The van der Waals surface area contributed by atoms with Gasteiger partial charge in [-0.15, -0.1) is 0 Å². The van der Waals surface area contributed by atoms with Crippen LogP contribution in [0.4, 0.5) is 5.69 Å². The Kier molecular flexibility index (Phi) is 4.59. The van der Waals surface area contributed by atoms with Crippen molar-refractivity contribution in [2.45, 2.75) is 0 Å². The molecule has 0 fully saturated rings. The number of rotatable bonds is 5. The van der Waals surface area contributed by atoms with Gasteiger partial charge in [0.1, 0.15) is 12.4 Å². The van der Waals surface area contributed by atoms with Crippen LogP contribution < -0.4 is 10.1 Å². The van der Waals surface area contributed by atoms with Crippen molar-refractivity contribution in [3.63, 3.8) is 0 Å². The summed E-state index contributed by atoms with van der Waals surface area (Å²) in [7, 11) is 0. The van der Waals surface area contributed by atoms with Crippen molar-refractivity contribution in [1.82, 2.24) is 0 Å². The van der Waals surface area contributed by atoms with Crippen LogP contribution in [0.3, 0.4) is 0 Å². The van der Waals surface area contributed by atoms with Crippen LogP contribution in [0.5, 0.6) is 5.75 Å². The van der Waals surface area contributed by atoms with Gasteiger partial charge in [0, 0.05) is 12.2 Å². The van der Waals surface area contributed by atoms with Crippen molar-refractivity contribution >= 4 is 5.69 Å². The molecule has 0 aromatic heterocycles. The first-order valence-electron chi connectivity index (χ1n) is 6.19. The summed E-state index contributed by atoms with van der Waals surface area (Å²) >= 11 is 0. The van der Waals surface area contributed by atoms with E-state index in [2.05, 4.69) is 17.5 Å². The topological polar surface area (TPSA) is 68.8 Å². The molecule has 0 saturated heterocycles. The van der Waals surface area contributed by atoms with E-state index in [1.165, 1.54) is 0 Å². The number of ether oxygens (including phenoxy) is 1. The van der Waals surface area contributed by atoms with E-state index in [1.54, 1.807) is 36.4 Å². The summed E-state index contributed by atoms with van der Waals surface area (Å²) in [5, 5.41) is 20.7. The Morgan fingerprint density at radius 1 is 0.950 bits per heavy atom. The highest BCUT2D eigenvalue weighted by molar-refractivity contribution is 5.49. The minimum atomic E-state index is 0.503. The minimum absolute atomic E-state index is 0.503. The van der Waals surface area contributed by atoms with E-state index in [9.17, 15) is 0 Å². The maximum absolute atomic E-state index is 8.80. The molecular weight excluding hydrogens is 250 g/mol. The highest BCUT2D eigenvalue weighted by atomic mass is 16.5. The van der Waals surface area contributed by atoms with Gasteiger partial charge in [0.2, 0.25) is 0 Å². The molecule has 2 rings (SSSR count). The molecule has 0 heterocycles. The predicted octanol–water partition coefficient (Wildman–Crippen LogP) is 2.92. The highest BCUT2D eigenvalue weighted by Crippen LogP contribution is 2.12. The van der Waals surface area contributed by atoms with Crippen LogP contribution in [0, 0.1) is 22.7 Å². The van der Waals surface area contributed by atoms with Gasteiger partial charge in [-0.1, -0.05) is 6.07 Å². The zero-order valence-electron chi connectivity index (χ0n) is 10.8. The molecule has 0 saturated carbocycles. The number of anilines is 1. The quantitative estimate of drug-likeness (QED) is 0.842. The monoisotopic (exact) mass is 263 g/mol. The van der Waals surface area contributed by atoms with Crippen LogP contribution in [0.1, 0.15) is 11.1 Å². The lowest BCUT2D eigenvalue weighted by molar-refractivity contribution is 0.333. The summed E-state index contributed by atoms with van der Waals surface area (Å²) in [4.78, 5) is 0. The maximum atomic E-state index is 8.80. The van der Waals surface area contributed by atoms with E-state index in [0.29, 0.717) is 24.3 Å². The average molecular weight is 263 g/mol. The maximum Gasteiger partial charge on any atom is 0.119 e. The van der Waals surface area contributed by atoms with Crippen molar-refractivity contribution in [1.29, 1.82) is 10.5 Å². The lowest BCUT2D eigenvalue weighted by atomic mass is 10.2. The third-order valence-electron chi connectivity index (χ3n) is 2.68. The van der Waals surface area contributed by atoms with Crippen LogP contribution in [-0.2, 0) is 0 Å². The molecule has 2 aromatic carbocycles. The molecule has 4 nitrogen and oxygen atoms in total. The molecule has 4 heteroatoms. The lowest BCUT2D eigenvalue weighted by Gasteiger charge is -2.08. The van der Waals surface area contributed by atoms with E-state index in [1.807, 2.05) is 12.1 Å². The third-order valence-corrected chi connectivity index (χ3v) is 2.68. The van der Waals surface area contributed by atoms with Crippen molar-refractivity contribution < 1.29 is 4.74 Å². The molecule has 2 aromatic rings. The SMILES string of the molecule is N#Cc1ccc(OCCNc2cccc(C#N)c2)cc1. The van der Waals surface area contributed by atoms with E-state index in [-0.39, 0.29) is 0 Å². The van der Waals surface area contributed by atoms with Gasteiger partial charge in [0.25, 0.3) is 0 Å². The lowest BCUT2D eigenvalue weighted by Crippen LogP contribution is -2.11. The summed E-state index contributed by atoms with van der Waals surface area (Å²) < 4.78 is 5.55.